The van der Waals surface area contributed by atoms with Gasteiger partial charge in [-0.15, -0.1) is 0 Å². The molecule has 4 rings (SSSR count). The Hall–Kier alpha value is -4.14. The van der Waals surface area contributed by atoms with E-state index in [0.29, 0.717) is 46.9 Å². The van der Waals surface area contributed by atoms with Crippen molar-refractivity contribution in [3.05, 3.63) is 82.4 Å². The third-order valence-corrected chi connectivity index (χ3v) is 5.61. The van der Waals surface area contributed by atoms with E-state index in [-0.39, 0.29) is 17.9 Å². The number of ether oxygens (including phenoxy) is 2. The Bertz CT molecular complexity index is 1340. The van der Waals surface area contributed by atoms with E-state index in [1.807, 2.05) is 36.0 Å². The topological polar surface area (TPSA) is 111 Å². The summed E-state index contributed by atoms with van der Waals surface area (Å²) >= 11 is 0. The summed E-state index contributed by atoms with van der Waals surface area (Å²) in [6, 6.07) is 12.2. The fourth-order valence-corrected chi connectivity index (χ4v) is 3.85. The highest BCUT2D eigenvalue weighted by Crippen LogP contribution is 2.29. The first-order valence-electron chi connectivity index (χ1n) is 11.0. The minimum atomic E-state index is -0.491. The minimum absolute atomic E-state index is 0.141. The summed E-state index contributed by atoms with van der Waals surface area (Å²) in [6.07, 6.45) is 4.79. The summed E-state index contributed by atoms with van der Waals surface area (Å²) in [7, 11) is 5.04. The highest BCUT2D eigenvalue weighted by atomic mass is 16.5. The fourth-order valence-electron chi connectivity index (χ4n) is 3.85. The molecule has 1 amide bonds. The highest BCUT2D eigenvalue weighted by molar-refractivity contribution is 5.77. The van der Waals surface area contributed by atoms with Crippen LogP contribution in [0.25, 0.3) is 10.9 Å². The summed E-state index contributed by atoms with van der Waals surface area (Å²) < 4.78 is 12.7. The quantitative estimate of drug-likeness (QED) is 0.397. The Kier molecular flexibility index (Phi) is 6.91. The number of imidazole rings is 1. The lowest BCUT2D eigenvalue weighted by Crippen LogP contribution is -2.31. The molecule has 1 unspecified atom stereocenters. The zero-order chi connectivity index (χ0) is 24.1. The molecule has 0 bridgehead atoms. The average Bonchev–Trinajstić information content (AvgIpc) is 3.27. The number of amides is 1. The van der Waals surface area contributed by atoms with Crippen LogP contribution in [-0.2, 0) is 18.3 Å². The molecule has 34 heavy (non-hydrogen) atoms. The van der Waals surface area contributed by atoms with Crippen LogP contribution < -0.4 is 20.3 Å². The monoisotopic (exact) mass is 461 g/mol. The van der Waals surface area contributed by atoms with Gasteiger partial charge in [0.25, 0.3) is 5.56 Å². The molecule has 2 aromatic carbocycles. The van der Waals surface area contributed by atoms with E-state index >= 15 is 0 Å². The number of methoxy groups -OCH3 is 2. The summed E-state index contributed by atoms with van der Waals surface area (Å²) in [5, 5.41) is 3.63. The predicted molar refractivity (Wildman–Crippen MR) is 128 cm³/mol. The van der Waals surface area contributed by atoms with Gasteiger partial charge in [-0.3, -0.25) is 9.59 Å². The molecule has 0 radical (unpaired) electrons. The molecular formula is C25H27N5O4. The zero-order valence-electron chi connectivity index (χ0n) is 19.4. The van der Waals surface area contributed by atoms with Gasteiger partial charge in [0.05, 0.1) is 25.1 Å². The Labute approximate surface area is 196 Å². The van der Waals surface area contributed by atoms with Crippen molar-refractivity contribution in [2.45, 2.75) is 25.3 Å². The van der Waals surface area contributed by atoms with E-state index in [2.05, 4.69) is 20.3 Å². The smallest absolute Gasteiger partial charge is 0.258 e. The Balaban J connectivity index is 1.49. The number of carbonyl (C=O) groups excluding carboxylic acids is 1. The van der Waals surface area contributed by atoms with Gasteiger partial charge < -0.3 is 24.3 Å². The second-order valence-corrected chi connectivity index (χ2v) is 7.93. The summed E-state index contributed by atoms with van der Waals surface area (Å²) in [5.74, 6) is 2.35. The van der Waals surface area contributed by atoms with Gasteiger partial charge in [0.2, 0.25) is 5.91 Å². The molecule has 4 aromatic rings. The standard InChI is InChI=1S/C25H27N5O4/c1-30-12-11-26-24(30)23(16-13-17(33-2)15-18(14-16)34-3)29-22(31)10-6-9-21-27-20-8-5-4-7-19(20)25(32)28-21/h4-5,7-8,11-15,23H,6,9-10H2,1-3H3,(H,29,31)(H,27,28,32). The van der Waals surface area contributed by atoms with Crippen molar-refractivity contribution in [3.8, 4) is 11.5 Å². The van der Waals surface area contributed by atoms with Crippen LogP contribution in [-0.4, -0.2) is 39.6 Å². The SMILES string of the molecule is COc1cc(OC)cc(C(NC(=O)CCCc2nc3ccccc3c(=O)[nH]2)c2nccn2C)c1. The van der Waals surface area contributed by atoms with Gasteiger partial charge in [0, 0.05) is 38.3 Å². The summed E-state index contributed by atoms with van der Waals surface area (Å²) in [4.78, 5) is 36.9. The molecule has 0 aliphatic carbocycles. The molecule has 0 saturated heterocycles. The number of nitrogens with zero attached hydrogens (tertiary/aromatic N) is 3. The molecule has 2 heterocycles. The van der Waals surface area contributed by atoms with E-state index in [1.54, 1.807) is 44.7 Å². The lowest BCUT2D eigenvalue weighted by atomic mass is 10.0. The third-order valence-electron chi connectivity index (χ3n) is 5.61. The van der Waals surface area contributed by atoms with E-state index in [9.17, 15) is 9.59 Å². The first-order chi connectivity index (χ1) is 16.5. The number of fused-ring (bicyclic) bond motifs is 1. The zero-order valence-corrected chi connectivity index (χ0v) is 19.4. The van der Waals surface area contributed by atoms with Crippen molar-refractivity contribution in [1.82, 2.24) is 24.8 Å². The van der Waals surface area contributed by atoms with Crippen molar-refractivity contribution in [3.63, 3.8) is 0 Å². The Morgan fingerprint density at radius 2 is 1.88 bits per heavy atom. The number of aryl methyl sites for hydroxylation is 2. The number of aromatic nitrogens is 4. The highest BCUT2D eigenvalue weighted by Gasteiger charge is 2.22. The van der Waals surface area contributed by atoms with E-state index in [1.165, 1.54) is 0 Å². The van der Waals surface area contributed by atoms with Crippen LogP contribution in [0.5, 0.6) is 11.5 Å². The lowest BCUT2D eigenvalue weighted by molar-refractivity contribution is -0.121. The summed E-state index contributed by atoms with van der Waals surface area (Å²) in [5.41, 5.74) is 1.26. The van der Waals surface area contributed by atoms with Gasteiger partial charge in [-0.25, -0.2) is 9.97 Å². The average molecular weight is 462 g/mol. The number of rotatable bonds is 9. The molecule has 9 heteroatoms. The number of nitrogens with one attached hydrogen (secondary N) is 2. The van der Waals surface area contributed by atoms with Crippen LogP contribution in [0.4, 0.5) is 0 Å². The van der Waals surface area contributed by atoms with E-state index in [4.69, 9.17) is 9.47 Å². The maximum atomic E-state index is 12.9. The largest absolute Gasteiger partial charge is 0.497 e. The van der Waals surface area contributed by atoms with Gasteiger partial charge in [-0.2, -0.15) is 0 Å². The van der Waals surface area contributed by atoms with Crippen LogP contribution >= 0.6 is 0 Å². The van der Waals surface area contributed by atoms with Gasteiger partial charge in [-0.05, 0) is 36.2 Å². The fraction of sp³-hybridized carbons (Fsp3) is 0.280. The van der Waals surface area contributed by atoms with Gasteiger partial charge in [-0.1, -0.05) is 12.1 Å². The van der Waals surface area contributed by atoms with Crippen LogP contribution in [0.3, 0.4) is 0 Å². The van der Waals surface area contributed by atoms with Crippen molar-refractivity contribution < 1.29 is 14.3 Å². The molecule has 0 aliphatic heterocycles. The number of hydrogen-bond donors (Lipinski definition) is 2. The Morgan fingerprint density at radius 1 is 1.15 bits per heavy atom. The molecule has 0 saturated carbocycles. The number of carbonyl (C=O) groups is 1. The van der Waals surface area contributed by atoms with E-state index in [0.717, 1.165) is 5.56 Å². The van der Waals surface area contributed by atoms with Crippen LogP contribution in [0.2, 0.25) is 0 Å². The van der Waals surface area contributed by atoms with Crippen molar-refractivity contribution in [1.29, 1.82) is 0 Å². The molecule has 0 spiro atoms. The molecule has 2 aromatic heterocycles. The van der Waals surface area contributed by atoms with Crippen molar-refractivity contribution >= 4 is 16.8 Å². The van der Waals surface area contributed by atoms with Gasteiger partial charge in [0.15, 0.2) is 0 Å². The summed E-state index contributed by atoms with van der Waals surface area (Å²) in [6.45, 7) is 0. The second kappa shape index (κ2) is 10.2. The molecule has 1 atom stereocenters. The normalized spacial score (nSPS) is 11.9. The minimum Gasteiger partial charge on any atom is -0.497 e. The second-order valence-electron chi connectivity index (χ2n) is 7.93. The molecule has 176 valence electrons. The number of hydrogen-bond acceptors (Lipinski definition) is 6. The van der Waals surface area contributed by atoms with Crippen molar-refractivity contribution in [2.24, 2.45) is 7.05 Å². The number of H-pyrrole nitrogens is 1. The maximum Gasteiger partial charge on any atom is 0.258 e. The van der Waals surface area contributed by atoms with Gasteiger partial charge >= 0.3 is 0 Å². The third kappa shape index (κ3) is 5.09. The molecular weight excluding hydrogens is 434 g/mol. The van der Waals surface area contributed by atoms with Crippen LogP contribution in [0.1, 0.15) is 36.1 Å². The number of para-hydroxylation sites is 1. The Morgan fingerprint density at radius 3 is 2.56 bits per heavy atom. The number of aromatic amines is 1. The molecule has 9 nitrogen and oxygen atoms in total. The maximum absolute atomic E-state index is 12.9. The first-order valence-corrected chi connectivity index (χ1v) is 11.0. The van der Waals surface area contributed by atoms with Crippen molar-refractivity contribution in [2.75, 3.05) is 14.2 Å². The van der Waals surface area contributed by atoms with Crippen LogP contribution in [0, 0.1) is 0 Å². The predicted octanol–water partition coefficient (Wildman–Crippen LogP) is 2.90. The molecule has 0 aliphatic rings. The number of benzene rings is 2. The van der Waals surface area contributed by atoms with E-state index < -0.39 is 6.04 Å². The first kappa shape index (κ1) is 23.0. The molecule has 2 N–H and O–H groups in total. The van der Waals surface area contributed by atoms with Crippen LogP contribution in [0.15, 0.2) is 59.7 Å². The molecule has 0 fully saturated rings. The van der Waals surface area contributed by atoms with Gasteiger partial charge in [0.1, 0.15) is 29.2 Å². The lowest BCUT2D eigenvalue weighted by Gasteiger charge is -2.20.